The van der Waals surface area contributed by atoms with Crippen LogP contribution in [0.3, 0.4) is 0 Å². The average Bonchev–Trinajstić information content (AvgIpc) is 3.02. The van der Waals surface area contributed by atoms with Gasteiger partial charge in [-0.15, -0.1) is 0 Å². The summed E-state index contributed by atoms with van der Waals surface area (Å²) in [5.41, 5.74) is 6.86. The Hall–Kier alpha value is -3.07. The molecule has 1 aromatic heterocycles. The van der Waals surface area contributed by atoms with Gasteiger partial charge in [0, 0.05) is 5.56 Å². The lowest BCUT2D eigenvalue weighted by Gasteiger charge is -2.13. The van der Waals surface area contributed by atoms with Crippen LogP contribution in [0, 0.1) is 6.92 Å². The zero-order valence-electron chi connectivity index (χ0n) is 13.6. The largest absolute Gasteiger partial charge is 0.495 e. The summed E-state index contributed by atoms with van der Waals surface area (Å²) >= 11 is 0. The smallest absolute Gasteiger partial charge is 0.265 e. The molecule has 0 spiro atoms. The summed E-state index contributed by atoms with van der Waals surface area (Å²) < 4.78 is 38.4. The average molecular weight is 360 g/mol. The summed E-state index contributed by atoms with van der Waals surface area (Å²) in [7, 11) is -2.56. The summed E-state index contributed by atoms with van der Waals surface area (Å²) in [4.78, 5) is 4.04. The van der Waals surface area contributed by atoms with E-state index in [-0.39, 0.29) is 22.2 Å². The van der Waals surface area contributed by atoms with Gasteiger partial charge in [0.2, 0.25) is 0 Å². The van der Waals surface area contributed by atoms with Crippen LogP contribution in [-0.2, 0) is 10.0 Å². The van der Waals surface area contributed by atoms with E-state index in [0.717, 1.165) is 0 Å². The fraction of sp³-hybridized carbons (Fsp3) is 0.125. The minimum Gasteiger partial charge on any atom is -0.495 e. The number of hydrogen-bond donors (Lipinski definition) is 2. The number of ether oxygens (including phenoxy) is 1. The van der Waals surface area contributed by atoms with E-state index in [2.05, 4.69) is 14.9 Å². The number of nitrogens with zero attached hydrogens (tertiary/aromatic N) is 2. The molecule has 0 saturated carbocycles. The fourth-order valence-corrected chi connectivity index (χ4v) is 3.51. The molecule has 0 aliphatic rings. The lowest BCUT2D eigenvalue weighted by molar-refractivity contribution is 0.402. The lowest BCUT2D eigenvalue weighted by atomic mass is 10.2. The first kappa shape index (κ1) is 16.8. The molecule has 0 aliphatic carbocycles. The number of benzene rings is 2. The van der Waals surface area contributed by atoms with Gasteiger partial charge in [-0.1, -0.05) is 17.3 Å². The summed E-state index contributed by atoms with van der Waals surface area (Å²) in [6.07, 6.45) is 0. The van der Waals surface area contributed by atoms with Crippen molar-refractivity contribution in [3.8, 4) is 17.2 Å². The molecular weight excluding hydrogens is 344 g/mol. The first-order valence-corrected chi connectivity index (χ1v) is 8.75. The third-order valence-corrected chi connectivity index (χ3v) is 4.82. The highest BCUT2D eigenvalue weighted by atomic mass is 32.2. The van der Waals surface area contributed by atoms with Crippen LogP contribution in [0.4, 0.5) is 11.4 Å². The maximum Gasteiger partial charge on any atom is 0.265 e. The quantitative estimate of drug-likeness (QED) is 0.670. The van der Waals surface area contributed by atoms with Gasteiger partial charge in [0.05, 0.1) is 18.5 Å². The molecule has 0 aliphatic heterocycles. The molecule has 0 amide bonds. The van der Waals surface area contributed by atoms with E-state index < -0.39 is 10.0 Å². The van der Waals surface area contributed by atoms with Crippen molar-refractivity contribution in [2.75, 3.05) is 17.6 Å². The molecule has 0 radical (unpaired) electrons. The number of anilines is 2. The predicted octanol–water partition coefficient (Wildman–Crippen LogP) is 2.44. The highest BCUT2D eigenvalue weighted by Crippen LogP contribution is 2.31. The fourth-order valence-electron chi connectivity index (χ4n) is 2.22. The van der Waals surface area contributed by atoms with E-state index in [9.17, 15) is 8.42 Å². The molecule has 0 bridgehead atoms. The zero-order valence-corrected chi connectivity index (χ0v) is 14.4. The number of para-hydroxylation sites is 2. The Balaban J connectivity index is 2.06. The standard InChI is InChI=1S/C16H16N4O4S/c1-10-18-16(24-19-10)11-7-8-14(23-2)15(9-11)25(21,22)20-13-6-4-3-5-12(13)17/h3-9,20H,17H2,1-2H3. The number of aromatic nitrogens is 2. The van der Waals surface area contributed by atoms with Crippen LogP contribution in [0.2, 0.25) is 0 Å². The number of nitrogens with two attached hydrogens (primary N) is 1. The molecule has 2 aromatic carbocycles. The molecule has 0 unspecified atom stereocenters. The van der Waals surface area contributed by atoms with Gasteiger partial charge in [-0.3, -0.25) is 4.72 Å². The maximum atomic E-state index is 12.8. The minimum atomic E-state index is -3.95. The Morgan fingerprint density at radius 1 is 1.20 bits per heavy atom. The number of nitrogens with one attached hydrogen (secondary N) is 1. The number of aryl methyl sites for hydroxylation is 1. The van der Waals surface area contributed by atoms with Crippen LogP contribution < -0.4 is 15.2 Å². The molecule has 3 aromatic rings. The predicted molar refractivity (Wildman–Crippen MR) is 92.7 cm³/mol. The van der Waals surface area contributed by atoms with Crippen molar-refractivity contribution in [1.82, 2.24) is 10.1 Å². The second kappa shape index (κ2) is 6.44. The third-order valence-electron chi connectivity index (χ3n) is 3.43. The van der Waals surface area contributed by atoms with Crippen molar-refractivity contribution in [2.45, 2.75) is 11.8 Å². The van der Waals surface area contributed by atoms with Crippen LogP contribution in [0.1, 0.15) is 5.82 Å². The SMILES string of the molecule is COc1ccc(-c2nc(C)no2)cc1S(=O)(=O)Nc1ccccc1N. The number of nitrogen functional groups attached to an aromatic ring is 1. The van der Waals surface area contributed by atoms with Crippen molar-refractivity contribution in [3.63, 3.8) is 0 Å². The van der Waals surface area contributed by atoms with Gasteiger partial charge < -0.3 is 15.0 Å². The Labute approximate surface area is 144 Å². The van der Waals surface area contributed by atoms with Crippen molar-refractivity contribution in [3.05, 3.63) is 48.3 Å². The van der Waals surface area contributed by atoms with Gasteiger partial charge in [-0.2, -0.15) is 4.98 Å². The van der Waals surface area contributed by atoms with Crippen molar-refractivity contribution >= 4 is 21.4 Å². The molecular formula is C16H16N4O4S. The molecule has 9 heteroatoms. The summed E-state index contributed by atoms with van der Waals surface area (Å²) in [6, 6.07) is 11.2. The molecule has 3 N–H and O–H groups in total. The minimum absolute atomic E-state index is 0.0633. The number of methoxy groups -OCH3 is 1. The Kier molecular flexibility index (Phi) is 4.32. The van der Waals surface area contributed by atoms with E-state index in [4.69, 9.17) is 15.0 Å². The summed E-state index contributed by atoms with van der Waals surface area (Å²) in [5.74, 6) is 0.850. The molecule has 8 nitrogen and oxygen atoms in total. The monoisotopic (exact) mass is 360 g/mol. The molecule has 0 saturated heterocycles. The van der Waals surface area contributed by atoms with Crippen molar-refractivity contribution in [1.29, 1.82) is 0 Å². The van der Waals surface area contributed by atoms with E-state index in [1.807, 2.05) is 0 Å². The van der Waals surface area contributed by atoms with Crippen LogP contribution in [-0.4, -0.2) is 25.7 Å². The number of hydrogen-bond acceptors (Lipinski definition) is 7. The third kappa shape index (κ3) is 3.41. The van der Waals surface area contributed by atoms with Gasteiger partial charge in [-0.05, 0) is 37.3 Å². The molecule has 0 atom stereocenters. The highest BCUT2D eigenvalue weighted by Gasteiger charge is 2.22. The van der Waals surface area contributed by atoms with Gasteiger partial charge in [0.15, 0.2) is 5.82 Å². The second-order valence-corrected chi connectivity index (χ2v) is 6.86. The van der Waals surface area contributed by atoms with E-state index in [1.165, 1.54) is 19.2 Å². The number of rotatable bonds is 5. The maximum absolute atomic E-state index is 12.8. The van der Waals surface area contributed by atoms with E-state index in [1.54, 1.807) is 37.3 Å². The lowest BCUT2D eigenvalue weighted by Crippen LogP contribution is -2.15. The first-order chi connectivity index (χ1) is 11.9. The second-order valence-electron chi connectivity index (χ2n) is 5.21. The first-order valence-electron chi connectivity index (χ1n) is 7.27. The van der Waals surface area contributed by atoms with Crippen LogP contribution in [0.25, 0.3) is 11.5 Å². The van der Waals surface area contributed by atoms with Gasteiger partial charge in [0.1, 0.15) is 10.6 Å². The Morgan fingerprint density at radius 3 is 2.60 bits per heavy atom. The van der Waals surface area contributed by atoms with Crippen molar-refractivity contribution in [2.24, 2.45) is 0 Å². The Morgan fingerprint density at radius 2 is 1.96 bits per heavy atom. The van der Waals surface area contributed by atoms with Crippen LogP contribution in [0.15, 0.2) is 51.9 Å². The van der Waals surface area contributed by atoms with Crippen molar-refractivity contribution < 1.29 is 17.7 Å². The topological polar surface area (TPSA) is 120 Å². The molecule has 25 heavy (non-hydrogen) atoms. The summed E-state index contributed by atoms with van der Waals surface area (Å²) in [6.45, 7) is 1.67. The van der Waals surface area contributed by atoms with E-state index in [0.29, 0.717) is 17.1 Å². The number of sulfonamides is 1. The molecule has 130 valence electrons. The van der Waals surface area contributed by atoms with Gasteiger partial charge in [0.25, 0.3) is 15.9 Å². The summed E-state index contributed by atoms with van der Waals surface area (Å²) in [5, 5.41) is 3.71. The highest BCUT2D eigenvalue weighted by molar-refractivity contribution is 7.92. The normalized spacial score (nSPS) is 11.3. The Bertz CT molecular complexity index is 1010. The molecule has 0 fully saturated rings. The van der Waals surface area contributed by atoms with E-state index >= 15 is 0 Å². The van der Waals surface area contributed by atoms with Crippen LogP contribution in [0.5, 0.6) is 5.75 Å². The van der Waals surface area contributed by atoms with Gasteiger partial charge >= 0.3 is 0 Å². The zero-order chi connectivity index (χ0) is 18.0. The van der Waals surface area contributed by atoms with Gasteiger partial charge in [-0.25, -0.2) is 8.42 Å². The molecule has 3 rings (SSSR count). The molecule has 1 heterocycles. The van der Waals surface area contributed by atoms with Crippen LogP contribution >= 0.6 is 0 Å².